The molecule has 0 radical (unpaired) electrons. The molecule has 3 rings (SSSR count). The molecule has 0 saturated carbocycles. The molecule has 1 aliphatic rings. The second-order valence-corrected chi connectivity index (χ2v) is 6.09. The summed E-state index contributed by atoms with van der Waals surface area (Å²) in [5, 5.41) is 0. The van der Waals surface area contributed by atoms with Gasteiger partial charge in [-0.15, -0.1) is 0 Å². The Labute approximate surface area is 153 Å². The number of carbonyl (C=O) groups excluding carboxylic acids is 1. The largest absolute Gasteiger partial charge is 0.497 e. The first-order chi connectivity index (χ1) is 12.6. The molecule has 0 aromatic heterocycles. The van der Waals surface area contributed by atoms with E-state index < -0.39 is 5.54 Å². The highest BCUT2D eigenvalue weighted by Gasteiger charge is 2.50. The number of rotatable bonds is 6. The third kappa shape index (κ3) is 2.77. The topological polar surface area (TPSA) is 77.2 Å². The molecule has 1 aliphatic heterocycles. The van der Waals surface area contributed by atoms with E-state index in [4.69, 9.17) is 15.2 Å². The van der Waals surface area contributed by atoms with Crippen LogP contribution < -0.4 is 15.2 Å². The van der Waals surface area contributed by atoms with Crippen LogP contribution in [-0.2, 0) is 10.3 Å². The summed E-state index contributed by atoms with van der Waals surface area (Å²) in [6, 6.07) is 14.7. The summed E-state index contributed by atoms with van der Waals surface area (Å²) in [4.78, 5) is 19.6. The molecular formula is C20H23N3O3. The smallest absolute Gasteiger partial charge is 0.266 e. The van der Waals surface area contributed by atoms with Crippen molar-refractivity contribution in [2.24, 2.45) is 10.7 Å². The van der Waals surface area contributed by atoms with E-state index in [0.29, 0.717) is 18.0 Å². The van der Waals surface area contributed by atoms with Gasteiger partial charge in [-0.05, 0) is 41.8 Å². The van der Waals surface area contributed by atoms with Crippen molar-refractivity contribution in [3.63, 3.8) is 0 Å². The van der Waals surface area contributed by atoms with E-state index in [0.717, 1.165) is 17.5 Å². The van der Waals surface area contributed by atoms with Gasteiger partial charge in [0.2, 0.25) is 0 Å². The van der Waals surface area contributed by atoms with Gasteiger partial charge in [-0.1, -0.05) is 31.2 Å². The molecule has 2 aromatic rings. The van der Waals surface area contributed by atoms with Crippen molar-refractivity contribution in [3.8, 4) is 11.5 Å². The fourth-order valence-corrected chi connectivity index (χ4v) is 3.23. The maximum atomic E-state index is 13.4. The number of benzene rings is 2. The van der Waals surface area contributed by atoms with Gasteiger partial charge in [-0.2, -0.15) is 0 Å². The van der Waals surface area contributed by atoms with E-state index in [1.54, 1.807) is 19.1 Å². The SMILES string of the molecule is CCCN1C(=O)C(c2ccc(OC)cc2)(c2ccc(OC)cc2)N=C1N. The summed E-state index contributed by atoms with van der Waals surface area (Å²) in [6.07, 6.45) is 0.795. The van der Waals surface area contributed by atoms with Crippen molar-refractivity contribution in [2.45, 2.75) is 18.9 Å². The Morgan fingerprint density at radius 2 is 1.42 bits per heavy atom. The third-order valence-corrected chi connectivity index (χ3v) is 4.58. The van der Waals surface area contributed by atoms with Gasteiger partial charge in [-0.3, -0.25) is 9.69 Å². The number of methoxy groups -OCH3 is 2. The van der Waals surface area contributed by atoms with Gasteiger partial charge < -0.3 is 15.2 Å². The molecule has 0 unspecified atom stereocenters. The minimum Gasteiger partial charge on any atom is -0.497 e. The summed E-state index contributed by atoms with van der Waals surface area (Å²) in [6.45, 7) is 2.53. The third-order valence-electron chi connectivity index (χ3n) is 4.58. The Kier molecular flexibility index (Phi) is 4.84. The first kappa shape index (κ1) is 17.8. The molecule has 0 atom stereocenters. The number of hydrogen-bond donors (Lipinski definition) is 1. The van der Waals surface area contributed by atoms with Crippen molar-refractivity contribution in [3.05, 3.63) is 59.7 Å². The molecule has 0 fully saturated rings. The van der Waals surface area contributed by atoms with Crippen LogP contribution in [0.2, 0.25) is 0 Å². The monoisotopic (exact) mass is 353 g/mol. The van der Waals surface area contributed by atoms with E-state index in [9.17, 15) is 4.79 Å². The van der Waals surface area contributed by atoms with E-state index >= 15 is 0 Å². The van der Waals surface area contributed by atoms with E-state index in [-0.39, 0.29) is 11.9 Å². The summed E-state index contributed by atoms with van der Waals surface area (Å²) >= 11 is 0. The van der Waals surface area contributed by atoms with Crippen LogP contribution >= 0.6 is 0 Å². The Morgan fingerprint density at radius 3 is 1.81 bits per heavy atom. The Hall–Kier alpha value is -3.02. The van der Waals surface area contributed by atoms with Gasteiger partial charge >= 0.3 is 0 Å². The van der Waals surface area contributed by atoms with Gasteiger partial charge in [0.25, 0.3) is 5.91 Å². The van der Waals surface area contributed by atoms with Crippen LogP contribution in [0.5, 0.6) is 11.5 Å². The van der Waals surface area contributed by atoms with Crippen molar-refractivity contribution < 1.29 is 14.3 Å². The number of aliphatic imine (C=N–C) groups is 1. The Bertz CT molecular complexity index is 766. The number of guanidine groups is 1. The van der Waals surface area contributed by atoms with Gasteiger partial charge in [0.05, 0.1) is 14.2 Å². The highest BCUT2D eigenvalue weighted by molar-refractivity contribution is 6.09. The minimum atomic E-state index is -1.20. The zero-order valence-electron chi connectivity index (χ0n) is 15.2. The normalized spacial score (nSPS) is 15.7. The average Bonchev–Trinajstić information content (AvgIpc) is 2.94. The van der Waals surface area contributed by atoms with Crippen LogP contribution in [0.1, 0.15) is 24.5 Å². The van der Waals surface area contributed by atoms with Crippen LogP contribution in [0.3, 0.4) is 0 Å². The zero-order valence-corrected chi connectivity index (χ0v) is 15.2. The number of nitrogens with two attached hydrogens (primary N) is 1. The molecule has 0 bridgehead atoms. The molecule has 136 valence electrons. The van der Waals surface area contributed by atoms with Gasteiger partial charge in [-0.25, -0.2) is 4.99 Å². The molecule has 0 aliphatic carbocycles. The molecule has 6 nitrogen and oxygen atoms in total. The maximum absolute atomic E-state index is 13.4. The average molecular weight is 353 g/mol. The number of ether oxygens (including phenoxy) is 2. The second kappa shape index (κ2) is 7.07. The fraction of sp³-hybridized carbons (Fsp3) is 0.300. The molecule has 6 heteroatoms. The first-order valence-electron chi connectivity index (χ1n) is 8.53. The lowest BCUT2D eigenvalue weighted by Gasteiger charge is -2.27. The number of carbonyl (C=O) groups is 1. The lowest BCUT2D eigenvalue weighted by molar-refractivity contribution is -0.130. The summed E-state index contributed by atoms with van der Waals surface area (Å²) in [7, 11) is 3.21. The van der Waals surface area contributed by atoms with Crippen LogP contribution in [0.15, 0.2) is 53.5 Å². The molecular weight excluding hydrogens is 330 g/mol. The maximum Gasteiger partial charge on any atom is 0.266 e. The summed E-state index contributed by atoms with van der Waals surface area (Å²) < 4.78 is 10.5. The summed E-state index contributed by atoms with van der Waals surface area (Å²) in [5.74, 6) is 1.52. The van der Waals surface area contributed by atoms with E-state index in [2.05, 4.69) is 4.99 Å². The molecule has 2 aromatic carbocycles. The highest BCUT2D eigenvalue weighted by Crippen LogP contribution is 2.40. The van der Waals surface area contributed by atoms with Crippen molar-refractivity contribution in [1.82, 2.24) is 4.90 Å². The molecule has 0 spiro atoms. The molecule has 0 saturated heterocycles. The van der Waals surface area contributed by atoms with Crippen LogP contribution in [0.25, 0.3) is 0 Å². The lowest BCUT2D eigenvalue weighted by atomic mass is 9.82. The zero-order chi connectivity index (χ0) is 18.7. The predicted molar refractivity (Wildman–Crippen MR) is 100 cm³/mol. The predicted octanol–water partition coefficient (Wildman–Crippen LogP) is 2.51. The molecule has 1 amide bonds. The summed E-state index contributed by atoms with van der Waals surface area (Å²) in [5.41, 5.74) is 6.42. The van der Waals surface area contributed by atoms with E-state index in [1.165, 1.54) is 0 Å². The van der Waals surface area contributed by atoms with Crippen molar-refractivity contribution in [2.75, 3.05) is 20.8 Å². The fourth-order valence-electron chi connectivity index (χ4n) is 3.23. The van der Waals surface area contributed by atoms with Crippen LogP contribution in [0, 0.1) is 0 Å². The van der Waals surface area contributed by atoms with E-state index in [1.807, 2.05) is 55.5 Å². The Balaban J connectivity index is 2.17. The van der Waals surface area contributed by atoms with Crippen LogP contribution in [0.4, 0.5) is 0 Å². The minimum absolute atomic E-state index is 0.146. The molecule has 2 N–H and O–H groups in total. The number of hydrogen-bond acceptors (Lipinski definition) is 5. The Morgan fingerprint density at radius 1 is 0.962 bits per heavy atom. The van der Waals surface area contributed by atoms with Gasteiger partial charge in [0, 0.05) is 6.54 Å². The van der Waals surface area contributed by atoms with Crippen molar-refractivity contribution >= 4 is 11.9 Å². The second-order valence-electron chi connectivity index (χ2n) is 6.09. The molecule has 1 heterocycles. The quantitative estimate of drug-likeness (QED) is 0.866. The number of amides is 1. The highest BCUT2D eigenvalue weighted by atomic mass is 16.5. The van der Waals surface area contributed by atoms with Gasteiger partial charge in [0.15, 0.2) is 11.5 Å². The number of nitrogens with zero attached hydrogens (tertiary/aromatic N) is 2. The molecule has 26 heavy (non-hydrogen) atoms. The standard InChI is InChI=1S/C20H23N3O3/c1-4-13-23-18(24)20(22-19(23)21,14-5-9-16(25-2)10-6-14)15-7-11-17(26-3)12-8-15/h5-12H,4,13H2,1-3H3,(H2,21,22). The first-order valence-corrected chi connectivity index (χ1v) is 8.53. The van der Waals surface area contributed by atoms with Gasteiger partial charge in [0.1, 0.15) is 11.5 Å². The van der Waals surface area contributed by atoms with Crippen LogP contribution in [-0.4, -0.2) is 37.5 Å². The lowest BCUT2D eigenvalue weighted by Crippen LogP contribution is -2.43. The van der Waals surface area contributed by atoms with Crippen molar-refractivity contribution in [1.29, 1.82) is 0 Å².